The average Bonchev–Trinajstić information content (AvgIpc) is 3.03. The zero-order valence-corrected chi connectivity index (χ0v) is 16.6. The fraction of sp³-hybridized carbons (Fsp3) is 0.286. The number of aromatic nitrogens is 1. The first kappa shape index (κ1) is 19.2. The fourth-order valence-electron chi connectivity index (χ4n) is 3.01. The zero-order chi connectivity index (χ0) is 19.6. The third kappa shape index (κ3) is 4.22. The van der Waals surface area contributed by atoms with Gasteiger partial charge in [0.1, 0.15) is 0 Å². The normalized spacial score (nSPS) is 11.9. The van der Waals surface area contributed by atoms with Gasteiger partial charge in [0.05, 0.1) is 10.6 Å². The van der Waals surface area contributed by atoms with E-state index in [1.165, 1.54) is 24.3 Å². The molecule has 0 bridgehead atoms. The van der Waals surface area contributed by atoms with Crippen LogP contribution in [0, 0.1) is 5.92 Å². The molecule has 3 aromatic rings. The molecule has 0 aliphatic heterocycles. The smallest absolute Gasteiger partial charge is 0.255 e. The van der Waals surface area contributed by atoms with Gasteiger partial charge in [-0.3, -0.25) is 4.79 Å². The molecular weight excluding hydrogens is 360 g/mol. The number of carbonyl (C=O) groups excluding carboxylic acids is 1. The summed E-state index contributed by atoms with van der Waals surface area (Å²) in [7, 11) is -3.26. The van der Waals surface area contributed by atoms with E-state index in [1.54, 1.807) is 6.92 Å². The Bertz CT molecular complexity index is 1060. The van der Waals surface area contributed by atoms with E-state index in [9.17, 15) is 13.2 Å². The number of hydrogen-bond donors (Lipinski definition) is 1. The van der Waals surface area contributed by atoms with E-state index in [4.69, 9.17) is 0 Å². The van der Waals surface area contributed by atoms with E-state index in [-0.39, 0.29) is 16.6 Å². The Balaban J connectivity index is 1.77. The summed E-state index contributed by atoms with van der Waals surface area (Å²) in [4.78, 5) is 12.7. The maximum Gasteiger partial charge on any atom is 0.255 e. The van der Waals surface area contributed by atoms with Crippen molar-refractivity contribution in [2.45, 2.75) is 32.2 Å². The monoisotopic (exact) mass is 384 g/mol. The van der Waals surface area contributed by atoms with Gasteiger partial charge in [0.2, 0.25) is 0 Å². The van der Waals surface area contributed by atoms with Gasteiger partial charge in [0.25, 0.3) is 5.91 Å². The topological polar surface area (TPSA) is 68.2 Å². The molecule has 2 aromatic carbocycles. The molecule has 1 heterocycles. The first-order chi connectivity index (χ1) is 12.8. The van der Waals surface area contributed by atoms with Gasteiger partial charge in [-0.2, -0.15) is 0 Å². The van der Waals surface area contributed by atoms with Crippen LogP contribution < -0.4 is 5.32 Å². The minimum absolute atomic E-state index is 0.0367. The van der Waals surface area contributed by atoms with Gasteiger partial charge in [-0.1, -0.05) is 20.8 Å². The van der Waals surface area contributed by atoms with Crippen molar-refractivity contribution in [3.8, 4) is 0 Å². The molecule has 0 fully saturated rings. The third-order valence-corrected chi connectivity index (χ3v) is 6.20. The third-order valence-electron chi connectivity index (χ3n) is 4.45. The standard InChI is InChI=1S/C21H24N2O3S/c1-4-27(25,26)19-8-5-16(6-9-19)21(24)22-18-7-10-20-17(13-18)11-12-23(20)14-15(2)3/h5-13,15H,4,14H2,1-3H3,(H,22,24). The molecule has 0 unspecified atom stereocenters. The maximum absolute atomic E-state index is 12.5. The number of rotatable bonds is 6. The van der Waals surface area contributed by atoms with Crippen LogP contribution >= 0.6 is 0 Å². The molecular formula is C21H24N2O3S. The molecule has 27 heavy (non-hydrogen) atoms. The quantitative estimate of drug-likeness (QED) is 0.687. The molecule has 0 radical (unpaired) electrons. The van der Waals surface area contributed by atoms with E-state index in [0.29, 0.717) is 17.2 Å². The van der Waals surface area contributed by atoms with Gasteiger partial charge in [0.15, 0.2) is 9.84 Å². The Hall–Kier alpha value is -2.60. The number of hydrogen-bond acceptors (Lipinski definition) is 3. The van der Waals surface area contributed by atoms with E-state index >= 15 is 0 Å². The molecule has 0 saturated heterocycles. The molecule has 1 N–H and O–H groups in total. The van der Waals surface area contributed by atoms with Crippen LogP contribution in [0.4, 0.5) is 5.69 Å². The number of anilines is 1. The predicted octanol–water partition coefficient (Wildman–Crippen LogP) is 4.34. The van der Waals surface area contributed by atoms with Crippen molar-refractivity contribution in [1.29, 1.82) is 0 Å². The minimum atomic E-state index is -3.26. The molecule has 1 amide bonds. The number of nitrogens with one attached hydrogen (secondary N) is 1. The van der Waals surface area contributed by atoms with Crippen LogP contribution in [0.15, 0.2) is 59.6 Å². The molecule has 0 aliphatic rings. The van der Waals surface area contributed by atoms with Gasteiger partial charge in [0, 0.05) is 34.9 Å². The lowest BCUT2D eigenvalue weighted by Gasteiger charge is -2.10. The molecule has 0 aliphatic carbocycles. The Morgan fingerprint density at radius 1 is 1.07 bits per heavy atom. The van der Waals surface area contributed by atoms with Crippen LogP contribution in [0.3, 0.4) is 0 Å². The summed E-state index contributed by atoms with van der Waals surface area (Å²) in [5.74, 6) is 0.325. The van der Waals surface area contributed by atoms with E-state index in [2.05, 4.69) is 29.9 Å². The van der Waals surface area contributed by atoms with Gasteiger partial charge in [-0.15, -0.1) is 0 Å². The van der Waals surface area contributed by atoms with Gasteiger partial charge < -0.3 is 9.88 Å². The highest BCUT2D eigenvalue weighted by Crippen LogP contribution is 2.22. The Kier molecular flexibility index (Phi) is 5.37. The summed E-state index contributed by atoms with van der Waals surface area (Å²) in [5.41, 5.74) is 2.26. The highest BCUT2D eigenvalue weighted by Gasteiger charge is 2.13. The SMILES string of the molecule is CCS(=O)(=O)c1ccc(C(=O)Nc2ccc3c(ccn3CC(C)C)c2)cc1. The minimum Gasteiger partial charge on any atom is -0.347 e. The van der Waals surface area contributed by atoms with Crippen molar-refractivity contribution in [3.05, 3.63) is 60.3 Å². The van der Waals surface area contributed by atoms with E-state index in [1.807, 2.05) is 24.3 Å². The Morgan fingerprint density at radius 2 is 1.78 bits per heavy atom. The van der Waals surface area contributed by atoms with Crippen molar-refractivity contribution in [1.82, 2.24) is 4.57 Å². The van der Waals surface area contributed by atoms with Gasteiger partial charge in [-0.05, 0) is 54.4 Å². The first-order valence-electron chi connectivity index (χ1n) is 9.03. The van der Waals surface area contributed by atoms with Crippen LogP contribution in [-0.2, 0) is 16.4 Å². The van der Waals surface area contributed by atoms with Crippen LogP contribution in [-0.4, -0.2) is 24.6 Å². The number of benzene rings is 2. The summed E-state index contributed by atoms with van der Waals surface area (Å²) in [6.07, 6.45) is 2.06. The second-order valence-corrected chi connectivity index (χ2v) is 9.30. The molecule has 5 nitrogen and oxygen atoms in total. The van der Waals surface area contributed by atoms with Gasteiger partial charge >= 0.3 is 0 Å². The lowest BCUT2D eigenvalue weighted by Crippen LogP contribution is -2.12. The fourth-order valence-corrected chi connectivity index (χ4v) is 3.90. The van der Waals surface area contributed by atoms with Crippen molar-refractivity contribution in [3.63, 3.8) is 0 Å². The summed E-state index contributed by atoms with van der Waals surface area (Å²) < 4.78 is 25.9. The molecule has 3 rings (SSSR count). The molecule has 6 heteroatoms. The zero-order valence-electron chi connectivity index (χ0n) is 15.8. The van der Waals surface area contributed by atoms with E-state index in [0.717, 1.165) is 17.4 Å². The van der Waals surface area contributed by atoms with Crippen LogP contribution in [0.5, 0.6) is 0 Å². The summed E-state index contributed by atoms with van der Waals surface area (Å²) >= 11 is 0. The maximum atomic E-state index is 12.5. The number of carbonyl (C=O) groups is 1. The Labute approximate surface area is 159 Å². The van der Waals surface area contributed by atoms with Crippen molar-refractivity contribution in [2.75, 3.05) is 11.1 Å². The van der Waals surface area contributed by atoms with Crippen LogP contribution in [0.1, 0.15) is 31.1 Å². The lowest BCUT2D eigenvalue weighted by molar-refractivity contribution is 0.102. The molecule has 0 atom stereocenters. The van der Waals surface area contributed by atoms with E-state index < -0.39 is 9.84 Å². The van der Waals surface area contributed by atoms with Crippen molar-refractivity contribution in [2.24, 2.45) is 5.92 Å². The summed E-state index contributed by atoms with van der Waals surface area (Å²) in [6, 6.07) is 13.9. The molecule has 0 saturated carbocycles. The highest BCUT2D eigenvalue weighted by atomic mass is 32.2. The van der Waals surface area contributed by atoms with Crippen LogP contribution in [0.2, 0.25) is 0 Å². The number of sulfone groups is 1. The second-order valence-electron chi connectivity index (χ2n) is 7.02. The molecule has 1 aromatic heterocycles. The number of nitrogens with zero attached hydrogens (tertiary/aromatic N) is 1. The van der Waals surface area contributed by atoms with Crippen molar-refractivity contribution >= 4 is 32.3 Å². The number of amides is 1. The average molecular weight is 385 g/mol. The first-order valence-corrected chi connectivity index (χ1v) is 10.7. The second kappa shape index (κ2) is 7.56. The largest absolute Gasteiger partial charge is 0.347 e. The summed E-state index contributed by atoms with van der Waals surface area (Å²) in [6.45, 7) is 6.90. The van der Waals surface area contributed by atoms with Gasteiger partial charge in [-0.25, -0.2) is 8.42 Å². The molecule has 0 spiro atoms. The van der Waals surface area contributed by atoms with Crippen molar-refractivity contribution < 1.29 is 13.2 Å². The number of fused-ring (bicyclic) bond motifs is 1. The Morgan fingerprint density at radius 3 is 2.41 bits per heavy atom. The molecule has 142 valence electrons. The van der Waals surface area contributed by atoms with Crippen LogP contribution in [0.25, 0.3) is 10.9 Å². The highest BCUT2D eigenvalue weighted by molar-refractivity contribution is 7.91. The lowest BCUT2D eigenvalue weighted by atomic mass is 10.2. The summed E-state index contributed by atoms with van der Waals surface area (Å²) in [5, 5.41) is 3.94. The predicted molar refractivity (Wildman–Crippen MR) is 109 cm³/mol.